The molecule has 0 bridgehead atoms. The molecule has 160 valence electrons. The molecular weight excluding hydrogens is 360 g/mol. The Bertz CT molecular complexity index is 672. The maximum Gasteiger partial charge on any atom is 0.223 e. The minimum absolute atomic E-state index is 0.0516. The van der Waals surface area contributed by atoms with Gasteiger partial charge >= 0.3 is 0 Å². The van der Waals surface area contributed by atoms with Crippen LogP contribution >= 0.6 is 0 Å². The second-order valence-electron chi connectivity index (χ2n) is 10.0. The molecule has 1 aromatic rings. The Morgan fingerprint density at radius 2 is 1.66 bits per heavy atom. The molecule has 1 saturated heterocycles. The van der Waals surface area contributed by atoms with Gasteiger partial charge in [-0.25, -0.2) is 0 Å². The summed E-state index contributed by atoms with van der Waals surface area (Å²) in [5.74, 6) is 1.03. The summed E-state index contributed by atoms with van der Waals surface area (Å²) >= 11 is 0. The van der Waals surface area contributed by atoms with E-state index >= 15 is 0 Å². The number of rotatable bonds is 5. The van der Waals surface area contributed by atoms with Gasteiger partial charge in [0.05, 0.1) is 0 Å². The van der Waals surface area contributed by atoms with Crippen LogP contribution in [0.3, 0.4) is 0 Å². The molecule has 1 N–H and O–H groups in total. The largest absolute Gasteiger partial charge is 0.353 e. The lowest BCUT2D eigenvalue weighted by molar-refractivity contribution is -0.136. The van der Waals surface area contributed by atoms with E-state index in [-0.39, 0.29) is 23.1 Å². The topological polar surface area (TPSA) is 49.4 Å². The minimum atomic E-state index is 0.0516. The summed E-state index contributed by atoms with van der Waals surface area (Å²) in [6, 6.07) is 10.5. The highest BCUT2D eigenvalue weighted by atomic mass is 16.2. The molecule has 1 aliphatic carbocycles. The van der Waals surface area contributed by atoms with Crippen LogP contribution in [0.2, 0.25) is 0 Å². The molecule has 1 aliphatic heterocycles. The standard InChI is InChI=1S/C25H38N2O2/c1-25(2,3)21-11-7-8-12-22(21)26-24(29)20-15-17-27(18-16-20)23(28)14-13-19-9-5-4-6-10-19/h4-6,9-10,20-22H,7-8,11-18H2,1-3H3,(H,26,29)/t21-,22-/m1/s1. The van der Waals surface area contributed by atoms with Crippen LogP contribution in [-0.4, -0.2) is 35.8 Å². The van der Waals surface area contributed by atoms with E-state index < -0.39 is 0 Å². The Morgan fingerprint density at radius 1 is 1.00 bits per heavy atom. The van der Waals surface area contributed by atoms with Gasteiger partial charge in [0, 0.05) is 31.5 Å². The Labute approximate surface area is 176 Å². The van der Waals surface area contributed by atoms with Crippen molar-refractivity contribution in [3.05, 3.63) is 35.9 Å². The normalized spacial score (nSPS) is 23.6. The molecule has 1 saturated carbocycles. The predicted molar refractivity (Wildman–Crippen MR) is 117 cm³/mol. The Kier molecular flexibility index (Phi) is 7.37. The van der Waals surface area contributed by atoms with Crippen LogP contribution in [0.15, 0.2) is 30.3 Å². The van der Waals surface area contributed by atoms with Crippen molar-refractivity contribution in [3.63, 3.8) is 0 Å². The summed E-state index contributed by atoms with van der Waals surface area (Å²) in [4.78, 5) is 27.4. The van der Waals surface area contributed by atoms with Gasteiger partial charge in [-0.3, -0.25) is 9.59 Å². The van der Waals surface area contributed by atoms with E-state index in [1.807, 2.05) is 23.1 Å². The lowest BCUT2D eigenvalue weighted by Gasteiger charge is -2.41. The monoisotopic (exact) mass is 398 g/mol. The van der Waals surface area contributed by atoms with Gasteiger partial charge in [0.25, 0.3) is 0 Å². The fourth-order valence-electron chi connectivity index (χ4n) is 5.09. The average molecular weight is 399 g/mol. The van der Waals surface area contributed by atoms with E-state index in [1.165, 1.54) is 24.8 Å². The molecule has 0 spiro atoms. The molecule has 2 amide bonds. The van der Waals surface area contributed by atoms with Crippen molar-refractivity contribution in [2.75, 3.05) is 13.1 Å². The molecule has 2 aliphatic rings. The molecule has 4 nitrogen and oxygen atoms in total. The highest BCUT2D eigenvalue weighted by Crippen LogP contribution is 2.38. The van der Waals surface area contributed by atoms with Crippen molar-refractivity contribution in [3.8, 4) is 0 Å². The van der Waals surface area contributed by atoms with E-state index in [4.69, 9.17) is 0 Å². The number of benzene rings is 1. The van der Waals surface area contributed by atoms with Gasteiger partial charge in [-0.2, -0.15) is 0 Å². The highest BCUT2D eigenvalue weighted by Gasteiger charge is 2.36. The molecular formula is C25H38N2O2. The van der Waals surface area contributed by atoms with Gasteiger partial charge in [0.2, 0.25) is 11.8 Å². The van der Waals surface area contributed by atoms with E-state index in [2.05, 4.69) is 38.2 Å². The van der Waals surface area contributed by atoms with Crippen molar-refractivity contribution in [1.82, 2.24) is 10.2 Å². The van der Waals surface area contributed by atoms with Gasteiger partial charge in [-0.05, 0) is 49.0 Å². The number of aryl methyl sites for hydroxylation is 1. The lowest BCUT2D eigenvalue weighted by Crippen LogP contribution is -2.50. The van der Waals surface area contributed by atoms with Crippen LogP contribution in [0.4, 0.5) is 0 Å². The first-order chi connectivity index (χ1) is 13.8. The number of carbonyl (C=O) groups is 2. The molecule has 2 atom stereocenters. The number of amides is 2. The summed E-state index contributed by atoms with van der Waals surface area (Å²) in [6.07, 6.45) is 7.72. The van der Waals surface area contributed by atoms with Crippen LogP contribution < -0.4 is 5.32 Å². The van der Waals surface area contributed by atoms with Gasteiger partial charge < -0.3 is 10.2 Å². The van der Waals surface area contributed by atoms with Gasteiger partial charge in [0.1, 0.15) is 0 Å². The zero-order valence-electron chi connectivity index (χ0n) is 18.5. The van der Waals surface area contributed by atoms with Crippen molar-refractivity contribution >= 4 is 11.8 Å². The smallest absolute Gasteiger partial charge is 0.223 e. The second kappa shape index (κ2) is 9.77. The summed E-state index contributed by atoms with van der Waals surface area (Å²) in [7, 11) is 0. The van der Waals surface area contributed by atoms with Crippen LogP contribution in [0, 0.1) is 17.3 Å². The fourth-order valence-corrected chi connectivity index (χ4v) is 5.09. The summed E-state index contributed by atoms with van der Waals surface area (Å²) < 4.78 is 0. The highest BCUT2D eigenvalue weighted by molar-refractivity contribution is 5.80. The predicted octanol–water partition coefficient (Wildman–Crippen LogP) is 4.58. The number of likely N-dealkylation sites (tertiary alicyclic amines) is 1. The lowest BCUT2D eigenvalue weighted by atomic mass is 9.69. The zero-order valence-corrected chi connectivity index (χ0v) is 18.5. The third-order valence-corrected chi connectivity index (χ3v) is 6.89. The third kappa shape index (κ3) is 6.07. The molecule has 0 unspecified atom stereocenters. The summed E-state index contributed by atoms with van der Waals surface area (Å²) in [6.45, 7) is 8.29. The van der Waals surface area contributed by atoms with Crippen LogP contribution in [0.25, 0.3) is 0 Å². The maximum absolute atomic E-state index is 12.9. The van der Waals surface area contributed by atoms with Crippen molar-refractivity contribution in [2.45, 2.75) is 78.2 Å². The van der Waals surface area contributed by atoms with Crippen molar-refractivity contribution in [2.24, 2.45) is 17.3 Å². The van der Waals surface area contributed by atoms with E-state index in [9.17, 15) is 9.59 Å². The molecule has 0 radical (unpaired) electrons. The quantitative estimate of drug-likeness (QED) is 0.789. The minimum Gasteiger partial charge on any atom is -0.353 e. The molecule has 4 heteroatoms. The first-order valence-electron chi connectivity index (χ1n) is 11.5. The van der Waals surface area contributed by atoms with Gasteiger partial charge in [-0.15, -0.1) is 0 Å². The van der Waals surface area contributed by atoms with Crippen molar-refractivity contribution in [1.29, 1.82) is 0 Å². The first-order valence-corrected chi connectivity index (χ1v) is 11.5. The van der Waals surface area contributed by atoms with Gasteiger partial charge in [-0.1, -0.05) is 63.9 Å². The Balaban J connectivity index is 1.44. The zero-order chi connectivity index (χ0) is 20.9. The van der Waals surface area contributed by atoms with Crippen LogP contribution in [-0.2, 0) is 16.0 Å². The number of nitrogens with zero attached hydrogens (tertiary/aromatic N) is 1. The van der Waals surface area contributed by atoms with E-state index in [0.29, 0.717) is 31.5 Å². The third-order valence-electron chi connectivity index (χ3n) is 6.89. The summed E-state index contributed by atoms with van der Waals surface area (Å²) in [5.41, 5.74) is 1.43. The number of carbonyl (C=O) groups excluding carboxylic acids is 2. The first kappa shape index (κ1) is 21.9. The molecule has 3 rings (SSSR count). The molecule has 0 aromatic heterocycles. The number of nitrogens with one attached hydrogen (secondary N) is 1. The maximum atomic E-state index is 12.9. The van der Waals surface area contributed by atoms with E-state index in [0.717, 1.165) is 25.7 Å². The number of hydrogen-bond acceptors (Lipinski definition) is 2. The SMILES string of the molecule is CC(C)(C)[C@@H]1CCCC[C@H]1NC(=O)C1CCN(C(=O)CCc2ccccc2)CC1. The molecule has 1 aromatic carbocycles. The number of hydrogen-bond donors (Lipinski definition) is 1. The van der Waals surface area contributed by atoms with E-state index in [1.54, 1.807) is 0 Å². The molecule has 1 heterocycles. The molecule has 29 heavy (non-hydrogen) atoms. The Hall–Kier alpha value is -1.84. The second-order valence-corrected chi connectivity index (χ2v) is 10.0. The van der Waals surface area contributed by atoms with Crippen molar-refractivity contribution < 1.29 is 9.59 Å². The van der Waals surface area contributed by atoms with Crippen LogP contribution in [0.1, 0.15) is 71.3 Å². The van der Waals surface area contributed by atoms with Gasteiger partial charge in [0.15, 0.2) is 0 Å². The number of piperidine rings is 1. The fraction of sp³-hybridized carbons (Fsp3) is 0.680. The van der Waals surface area contributed by atoms with Crippen LogP contribution in [0.5, 0.6) is 0 Å². The Morgan fingerprint density at radius 3 is 2.31 bits per heavy atom. The molecule has 2 fully saturated rings. The summed E-state index contributed by atoms with van der Waals surface area (Å²) in [5, 5.41) is 3.39. The average Bonchev–Trinajstić information content (AvgIpc) is 2.72.